The van der Waals surface area contributed by atoms with Gasteiger partial charge in [-0.1, -0.05) is 18.2 Å². The molecule has 20 heavy (non-hydrogen) atoms. The van der Waals surface area contributed by atoms with Crippen LogP contribution in [0.1, 0.15) is 10.4 Å². The van der Waals surface area contributed by atoms with Crippen molar-refractivity contribution in [3.05, 3.63) is 55.2 Å². The van der Waals surface area contributed by atoms with E-state index in [-0.39, 0.29) is 5.91 Å². The van der Waals surface area contributed by atoms with Crippen LogP contribution in [0.25, 0.3) is 0 Å². The van der Waals surface area contributed by atoms with E-state index in [0.717, 1.165) is 12.8 Å². The second kappa shape index (κ2) is 7.51. The fourth-order valence-corrected chi connectivity index (χ4v) is 4.50. The minimum Gasteiger partial charge on any atom is -0.296 e. The average Bonchev–Trinajstić information content (AvgIpc) is 2.46. The highest BCUT2D eigenvalue weighted by atomic mass is 127. The van der Waals surface area contributed by atoms with Crippen molar-refractivity contribution in [1.82, 2.24) is 5.43 Å². The van der Waals surface area contributed by atoms with E-state index in [1.54, 1.807) is 23.9 Å². The lowest BCUT2D eigenvalue weighted by molar-refractivity contribution is 0.0962. The van der Waals surface area contributed by atoms with Gasteiger partial charge in [-0.05, 0) is 75.7 Å². The first-order chi connectivity index (χ1) is 9.61. The summed E-state index contributed by atoms with van der Waals surface area (Å²) in [5, 5.41) is 0. The maximum Gasteiger partial charge on any atom is 0.269 e. The van der Waals surface area contributed by atoms with Gasteiger partial charge in [-0.15, -0.1) is 11.8 Å². The number of benzene rings is 2. The number of amides is 1. The van der Waals surface area contributed by atoms with Crippen LogP contribution >= 0.6 is 56.9 Å². The van der Waals surface area contributed by atoms with Crippen molar-refractivity contribution in [1.29, 1.82) is 0 Å². The van der Waals surface area contributed by atoms with E-state index in [1.165, 1.54) is 4.90 Å². The van der Waals surface area contributed by atoms with E-state index in [1.807, 2.05) is 24.5 Å². The van der Waals surface area contributed by atoms with Crippen LogP contribution in [0.2, 0.25) is 0 Å². The minimum atomic E-state index is -0.147. The van der Waals surface area contributed by atoms with Gasteiger partial charge in [0.05, 0.1) is 5.69 Å². The van der Waals surface area contributed by atoms with Crippen LogP contribution in [0.4, 0.5) is 5.69 Å². The van der Waals surface area contributed by atoms with E-state index in [2.05, 4.69) is 68.2 Å². The Morgan fingerprint density at radius 3 is 2.25 bits per heavy atom. The van der Waals surface area contributed by atoms with Gasteiger partial charge in [0.25, 0.3) is 5.91 Å². The van der Waals surface area contributed by atoms with Crippen LogP contribution in [0, 0.1) is 7.14 Å². The average molecular weight is 510 g/mol. The van der Waals surface area contributed by atoms with Crippen molar-refractivity contribution in [2.45, 2.75) is 4.90 Å². The summed E-state index contributed by atoms with van der Waals surface area (Å²) in [5.74, 6) is -0.147. The maximum atomic E-state index is 12.0. The molecule has 3 nitrogen and oxygen atoms in total. The van der Waals surface area contributed by atoms with E-state index in [9.17, 15) is 4.79 Å². The van der Waals surface area contributed by atoms with Crippen LogP contribution < -0.4 is 10.9 Å². The SMILES string of the molecule is CSc1cc(I)c(NNC(=O)c2ccccc2)c(I)c1. The highest BCUT2D eigenvalue weighted by molar-refractivity contribution is 14.1. The number of nitrogens with one attached hydrogen (secondary N) is 2. The number of anilines is 1. The zero-order chi connectivity index (χ0) is 14.5. The molecule has 104 valence electrons. The third-order valence-corrected chi connectivity index (χ3v) is 5.00. The van der Waals surface area contributed by atoms with Gasteiger partial charge in [-0.2, -0.15) is 0 Å². The fraction of sp³-hybridized carbons (Fsp3) is 0.0714. The predicted molar refractivity (Wildman–Crippen MR) is 101 cm³/mol. The molecule has 2 aromatic carbocycles. The monoisotopic (exact) mass is 510 g/mol. The number of hydrazine groups is 1. The second-order valence-corrected chi connectivity index (χ2v) is 7.12. The number of rotatable bonds is 4. The summed E-state index contributed by atoms with van der Waals surface area (Å²) in [5.41, 5.74) is 7.29. The van der Waals surface area contributed by atoms with E-state index >= 15 is 0 Å². The second-order valence-electron chi connectivity index (χ2n) is 3.91. The molecule has 0 aromatic heterocycles. The van der Waals surface area contributed by atoms with Crippen LogP contribution in [0.15, 0.2) is 47.4 Å². The molecule has 0 aliphatic carbocycles. The van der Waals surface area contributed by atoms with Crippen molar-refractivity contribution >= 4 is 68.5 Å². The van der Waals surface area contributed by atoms with E-state index in [4.69, 9.17) is 0 Å². The first-order valence-electron chi connectivity index (χ1n) is 5.76. The Morgan fingerprint density at radius 2 is 1.70 bits per heavy atom. The van der Waals surface area contributed by atoms with Crippen molar-refractivity contribution < 1.29 is 4.79 Å². The van der Waals surface area contributed by atoms with Gasteiger partial charge in [-0.25, -0.2) is 0 Å². The summed E-state index contributed by atoms with van der Waals surface area (Å²) in [6, 6.07) is 13.3. The topological polar surface area (TPSA) is 41.1 Å². The van der Waals surface area contributed by atoms with Crippen molar-refractivity contribution in [2.24, 2.45) is 0 Å². The lowest BCUT2D eigenvalue weighted by Gasteiger charge is -2.13. The molecule has 0 spiro atoms. The molecular weight excluding hydrogens is 498 g/mol. The standard InChI is InChI=1S/C14H12I2N2OS/c1-20-10-7-11(15)13(12(16)8-10)17-18-14(19)9-5-3-2-4-6-9/h2-8,17H,1H3,(H,18,19). The molecule has 0 aliphatic rings. The lowest BCUT2D eigenvalue weighted by atomic mass is 10.2. The van der Waals surface area contributed by atoms with Gasteiger partial charge in [0.15, 0.2) is 0 Å². The Kier molecular flexibility index (Phi) is 5.97. The third kappa shape index (κ3) is 4.01. The lowest BCUT2D eigenvalue weighted by Crippen LogP contribution is -2.30. The predicted octanol–water partition coefficient (Wildman–Crippen LogP) is 4.37. The van der Waals surface area contributed by atoms with Gasteiger partial charge >= 0.3 is 0 Å². The molecule has 2 rings (SSSR count). The van der Waals surface area contributed by atoms with Gasteiger partial charge in [-0.3, -0.25) is 15.6 Å². The first kappa shape index (κ1) is 15.9. The molecule has 0 heterocycles. The summed E-state index contributed by atoms with van der Waals surface area (Å²) in [7, 11) is 0. The molecule has 1 amide bonds. The molecule has 0 radical (unpaired) electrons. The number of hydrogen-bond acceptors (Lipinski definition) is 3. The summed E-state index contributed by atoms with van der Waals surface area (Å²) in [6.07, 6.45) is 2.05. The molecule has 6 heteroatoms. The van der Waals surface area contributed by atoms with Crippen molar-refractivity contribution in [3.63, 3.8) is 0 Å². The number of carbonyl (C=O) groups is 1. The van der Waals surface area contributed by atoms with Crippen molar-refractivity contribution in [3.8, 4) is 0 Å². The van der Waals surface area contributed by atoms with Crippen LogP contribution in [0.5, 0.6) is 0 Å². The largest absolute Gasteiger partial charge is 0.296 e. The fourth-order valence-electron chi connectivity index (χ4n) is 1.57. The van der Waals surface area contributed by atoms with Crippen LogP contribution in [-0.4, -0.2) is 12.2 Å². The first-order valence-corrected chi connectivity index (χ1v) is 9.14. The Balaban J connectivity index is 2.10. The van der Waals surface area contributed by atoms with Gasteiger partial charge < -0.3 is 0 Å². The summed E-state index contributed by atoms with van der Waals surface area (Å²) in [6.45, 7) is 0. The Morgan fingerprint density at radius 1 is 1.10 bits per heavy atom. The maximum absolute atomic E-state index is 12.0. The zero-order valence-electron chi connectivity index (χ0n) is 10.6. The Bertz CT molecular complexity index is 597. The molecule has 2 N–H and O–H groups in total. The van der Waals surface area contributed by atoms with E-state index in [0.29, 0.717) is 5.56 Å². The number of thioether (sulfide) groups is 1. The zero-order valence-corrected chi connectivity index (χ0v) is 15.7. The highest BCUT2D eigenvalue weighted by Gasteiger charge is 2.09. The number of carbonyl (C=O) groups excluding carboxylic acids is 1. The normalized spacial score (nSPS) is 10.2. The minimum absolute atomic E-state index is 0.147. The Hall–Kier alpha value is -0.480. The quantitative estimate of drug-likeness (QED) is 0.365. The van der Waals surface area contributed by atoms with Crippen molar-refractivity contribution in [2.75, 3.05) is 11.7 Å². The highest BCUT2D eigenvalue weighted by Crippen LogP contribution is 2.29. The summed E-state index contributed by atoms with van der Waals surface area (Å²) >= 11 is 6.23. The van der Waals surface area contributed by atoms with Gasteiger partial charge in [0.2, 0.25) is 0 Å². The molecule has 0 unspecified atom stereocenters. The van der Waals surface area contributed by atoms with Crippen LogP contribution in [0.3, 0.4) is 0 Å². The molecule has 0 saturated carbocycles. The molecule has 0 bridgehead atoms. The Labute approximate surface area is 149 Å². The summed E-state index contributed by atoms with van der Waals surface area (Å²) < 4.78 is 2.15. The third-order valence-electron chi connectivity index (χ3n) is 2.59. The summed E-state index contributed by atoms with van der Waals surface area (Å²) in [4.78, 5) is 13.2. The van der Waals surface area contributed by atoms with Crippen LogP contribution in [-0.2, 0) is 0 Å². The van der Waals surface area contributed by atoms with E-state index < -0.39 is 0 Å². The molecule has 0 atom stereocenters. The van der Waals surface area contributed by atoms with Gasteiger partial charge in [0.1, 0.15) is 0 Å². The van der Waals surface area contributed by atoms with Gasteiger partial charge in [0, 0.05) is 17.6 Å². The molecule has 0 fully saturated rings. The molecule has 2 aromatic rings. The number of hydrogen-bond donors (Lipinski definition) is 2. The smallest absolute Gasteiger partial charge is 0.269 e. The number of halogens is 2. The molecule has 0 saturated heterocycles. The molecular formula is C14H12I2N2OS. The molecule has 0 aliphatic heterocycles.